The number of fused-ring (bicyclic) bond motifs is 2. The number of carbonyl (C=O) groups excluding carboxylic acids is 1. The van der Waals surface area contributed by atoms with Gasteiger partial charge < -0.3 is 21.3 Å². The highest BCUT2D eigenvalue weighted by molar-refractivity contribution is 6.07. The summed E-state index contributed by atoms with van der Waals surface area (Å²) in [6.07, 6.45) is 3.28. The Balaban J connectivity index is 1.89. The Kier molecular flexibility index (Phi) is 3.33. The summed E-state index contributed by atoms with van der Waals surface area (Å²) in [7, 11) is 0. The highest BCUT2D eigenvalue weighted by Crippen LogP contribution is 2.45. The lowest BCUT2D eigenvalue weighted by Gasteiger charge is -2.20. The molecule has 2 aromatic heterocycles. The number of benzene rings is 2. The van der Waals surface area contributed by atoms with Crippen molar-refractivity contribution in [3.8, 4) is 22.6 Å². The number of phenols is 2. The van der Waals surface area contributed by atoms with E-state index >= 15 is 0 Å². The molecule has 7 nitrogen and oxygen atoms in total. The maximum absolute atomic E-state index is 12.1. The largest absolute Gasteiger partial charge is 0.508 e. The van der Waals surface area contributed by atoms with Gasteiger partial charge in [0.2, 0.25) is 0 Å². The van der Waals surface area contributed by atoms with Crippen LogP contribution < -0.4 is 11.1 Å². The Bertz CT molecular complexity index is 1260. The number of primary amides is 1. The standard InChI is InChI=1S/C21H16N4O3/c22-21(28)15-10-23-25-8-7-14-19(13-6-5-11(26)9-17(13)27)24-16-4-2-1-3-12(16)18(15)20(14)25/h1-10,19,24,26-27H,(H2,22,28). The molecule has 0 bridgehead atoms. The molecular weight excluding hydrogens is 356 g/mol. The van der Waals surface area contributed by atoms with E-state index in [1.165, 1.54) is 18.3 Å². The Morgan fingerprint density at radius 3 is 2.71 bits per heavy atom. The molecule has 1 amide bonds. The second-order valence-corrected chi connectivity index (χ2v) is 6.73. The van der Waals surface area contributed by atoms with Crippen LogP contribution in [0.4, 0.5) is 5.69 Å². The van der Waals surface area contributed by atoms with Crippen LogP contribution in [-0.4, -0.2) is 25.7 Å². The first-order valence-electron chi connectivity index (χ1n) is 8.72. The van der Waals surface area contributed by atoms with Crippen LogP contribution in [0.2, 0.25) is 0 Å². The number of nitrogens with two attached hydrogens (primary N) is 1. The third kappa shape index (κ3) is 2.23. The minimum atomic E-state index is -0.558. The van der Waals surface area contributed by atoms with Gasteiger partial charge in [-0.25, -0.2) is 4.52 Å². The number of amides is 1. The number of hydrogen-bond donors (Lipinski definition) is 4. The van der Waals surface area contributed by atoms with E-state index in [9.17, 15) is 15.0 Å². The lowest BCUT2D eigenvalue weighted by atomic mass is 9.96. The predicted octanol–water partition coefficient (Wildman–Crippen LogP) is 3.03. The van der Waals surface area contributed by atoms with E-state index in [1.807, 2.05) is 30.3 Å². The van der Waals surface area contributed by atoms with Crippen molar-refractivity contribution in [1.82, 2.24) is 9.61 Å². The van der Waals surface area contributed by atoms with E-state index < -0.39 is 11.9 Å². The lowest BCUT2D eigenvalue weighted by molar-refractivity contribution is 0.100. The molecule has 1 unspecified atom stereocenters. The van der Waals surface area contributed by atoms with E-state index in [2.05, 4.69) is 10.4 Å². The number of phenolic OH excluding ortho intramolecular Hbond substituents is 2. The average Bonchev–Trinajstić information content (AvgIpc) is 3.04. The van der Waals surface area contributed by atoms with Gasteiger partial charge in [0.25, 0.3) is 5.91 Å². The fourth-order valence-electron chi connectivity index (χ4n) is 3.88. The van der Waals surface area contributed by atoms with E-state index in [-0.39, 0.29) is 11.5 Å². The zero-order chi connectivity index (χ0) is 19.4. The maximum atomic E-state index is 12.1. The van der Waals surface area contributed by atoms with Gasteiger partial charge in [0.1, 0.15) is 11.5 Å². The van der Waals surface area contributed by atoms with Gasteiger partial charge in [-0.3, -0.25) is 4.79 Å². The number of para-hydroxylation sites is 1. The number of anilines is 1. The van der Waals surface area contributed by atoms with Crippen molar-refractivity contribution in [3.63, 3.8) is 0 Å². The summed E-state index contributed by atoms with van der Waals surface area (Å²) in [6.45, 7) is 0. The molecule has 138 valence electrons. The second-order valence-electron chi connectivity index (χ2n) is 6.73. The number of nitrogens with one attached hydrogen (secondary N) is 1. The molecule has 1 aliphatic rings. The van der Waals surface area contributed by atoms with Crippen molar-refractivity contribution in [3.05, 3.63) is 77.6 Å². The third-order valence-electron chi connectivity index (χ3n) is 5.11. The van der Waals surface area contributed by atoms with Crippen molar-refractivity contribution in [1.29, 1.82) is 0 Å². The first kappa shape index (κ1) is 16.2. The van der Waals surface area contributed by atoms with Crippen LogP contribution in [0.3, 0.4) is 0 Å². The summed E-state index contributed by atoms with van der Waals surface area (Å²) >= 11 is 0. The van der Waals surface area contributed by atoms with E-state index in [0.29, 0.717) is 16.7 Å². The summed E-state index contributed by atoms with van der Waals surface area (Å²) in [4.78, 5) is 12.1. The highest BCUT2D eigenvalue weighted by atomic mass is 16.3. The summed E-state index contributed by atoms with van der Waals surface area (Å²) in [5.41, 5.74) is 10.5. The molecule has 1 aliphatic heterocycles. The quantitative estimate of drug-likeness (QED) is 0.432. The van der Waals surface area contributed by atoms with Gasteiger partial charge >= 0.3 is 0 Å². The molecule has 0 fully saturated rings. The maximum Gasteiger partial charge on any atom is 0.251 e. The minimum absolute atomic E-state index is 0.0182. The van der Waals surface area contributed by atoms with Crippen LogP contribution in [0.25, 0.3) is 16.6 Å². The van der Waals surface area contributed by atoms with Crippen LogP contribution >= 0.6 is 0 Å². The normalized spacial score (nSPS) is 14.9. The van der Waals surface area contributed by atoms with Gasteiger partial charge in [-0.15, -0.1) is 0 Å². The van der Waals surface area contributed by atoms with Crippen molar-refractivity contribution in [2.75, 3.05) is 5.32 Å². The molecule has 4 aromatic rings. The van der Waals surface area contributed by atoms with Crippen LogP contribution in [0.5, 0.6) is 11.5 Å². The van der Waals surface area contributed by atoms with Gasteiger partial charge in [-0.1, -0.05) is 18.2 Å². The van der Waals surface area contributed by atoms with E-state index in [1.54, 1.807) is 16.8 Å². The molecule has 2 aromatic carbocycles. The second kappa shape index (κ2) is 5.75. The molecule has 28 heavy (non-hydrogen) atoms. The number of aromatic hydroxyl groups is 2. The topological polar surface area (TPSA) is 113 Å². The van der Waals surface area contributed by atoms with Crippen LogP contribution in [-0.2, 0) is 0 Å². The Labute approximate surface area is 159 Å². The number of nitrogens with zero attached hydrogens (tertiary/aromatic N) is 2. The summed E-state index contributed by atoms with van der Waals surface area (Å²) in [5.74, 6) is -0.606. The fraction of sp³-hybridized carbons (Fsp3) is 0.0476. The third-order valence-corrected chi connectivity index (χ3v) is 5.11. The van der Waals surface area contributed by atoms with Gasteiger partial charge in [-0.05, 0) is 24.3 Å². The summed E-state index contributed by atoms with van der Waals surface area (Å²) in [5, 5.41) is 27.9. The van der Waals surface area contributed by atoms with Gasteiger partial charge in [0, 0.05) is 40.2 Å². The Hall–Kier alpha value is -4.00. The first-order valence-corrected chi connectivity index (χ1v) is 8.72. The molecule has 1 atom stereocenters. The molecular formula is C21H16N4O3. The monoisotopic (exact) mass is 372 g/mol. The van der Waals surface area contributed by atoms with Gasteiger partial charge in [0.15, 0.2) is 0 Å². The molecule has 7 heteroatoms. The van der Waals surface area contributed by atoms with Gasteiger partial charge in [-0.2, -0.15) is 5.10 Å². The smallest absolute Gasteiger partial charge is 0.251 e. The molecule has 0 aliphatic carbocycles. The minimum Gasteiger partial charge on any atom is -0.508 e. The van der Waals surface area contributed by atoms with Crippen LogP contribution in [0.15, 0.2) is 60.9 Å². The number of carbonyl (C=O) groups is 1. The molecule has 0 saturated carbocycles. The SMILES string of the molecule is NC(=O)c1cnn2ccc3c2c1-c1ccccc1NC3c1ccc(O)cc1O. The van der Waals surface area contributed by atoms with Crippen LogP contribution in [0, 0.1) is 0 Å². The molecule has 0 radical (unpaired) electrons. The number of rotatable bonds is 2. The summed E-state index contributed by atoms with van der Waals surface area (Å²) in [6, 6.07) is 13.6. The molecule has 0 spiro atoms. The molecule has 5 rings (SSSR count). The number of aromatic nitrogens is 2. The number of hydrogen-bond acceptors (Lipinski definition) is 5. The van der Waals surface area contributed by atoms with Gasteiger partial charge in [0.05, 0.1) is 23.3 Å². The molecule has 0 saturated heterocycles. The fourth-order valence-corrected chi connectivity index (χ4v) is 3.88. The lowest BCUT2D eigenvalue weighted by Crippen LogP contribution is -2.14. The average molecular weight is 372 g/mol. The zero-order valence-electron chi connectivity index (χ0n) is 14.6. The zero-order valence-corrected chi connectivity index (χ0v) is 14.6. The van der Waals surface area contributed by atoms with Crippen molar-refractivity contribution in [2.24, 2.45) is 5.73 Å². The first-order chi connectivity index (χ1) is 13.5. The predicted molar refractivity (Wildman–Crippen MR) is 104 cm³/mol. The van der Waals surface area contributed by atoms with Crippen molar-refractivity contribution < 1.29 is 15.0 Å². The van der Waals surface area contributed by atoms with Crippen LogP contribution in [0.1, 0.15) is 27.5 Å². The Morgan fingerprint density at radius 2 is 1.93 bits per heavy atom. The van der Waals surface area contributed by atoms with E-state index in [4.69, 9.17) is 5.73 Å². The van der Waals surface area contributed by atoms with Crippen molar-refractivity contribution in [2.45, 2.75) is 6.04 Å². The Morgan fingerprint density at radius 1 is 1.11 bits per heavy atom. The van der Waals surface area contributed by atoms with E-state index in [0.717, 1.165) is 22.3 Å². The highest BCUT2D eigenvalue weighted by Gasteiger charge is 2.29. The molecule has 5 N–H and O–H groups in total. The summed E-state index contributed by atoms with van der Waals surface area (Å²) < 4.78 is 1.70. The molecule has 3 heterocycles. The van der Waals surface area contributed by atoms with Crippen molar-refractivity contribution >= 4 is 17.1 Å².